The molecule has 1 amide bonds. The van der Waals surface area contributed by atoms with E-state index in [0.717, 1.165) is 0 Å². The van der Waals surface area contributed by atoms with E-state index in [2.05, 4.69) is 11.9 Å². The SMILES string of the molecule is C=CCN1CC(C)(C)NC(CC#N)C1=O. The average Bonchev–Trinajstić information content (AvgIpc) is 2.13. The van der Waals surface area contributed by atoms with Crippen LogP contribution in [0.5, 0.6) is 0 Å². The predicted molar refractivity (Wildman–Crippen MR) is 58.0 cm³/mol. The van der Waals surface area contributed by atoms with Gasteiger partial charge in [0.15, 0.2) is 0 Å². The smallest absolute Gasteiger partial charge is 0.241 e. The molecule has 4 heteroatoms. The van der Waals surface area contributed by atoms with Crippen LogP contribution in [0, 0.1) is 11.3 Å². The molecule has 1 heterocycles. The minimum atomic E-state index is -0.376. The monoisotopic (exact) mass is 207 g/mol. The molecule has 0 aliphatic carbocycles. The molecule has 1 aliphatic heterocycles. The summed E-state index contributed by atoms with van der Waals surface area (Å²) >= 11 is 0. The number of piperazine rings is 1. The van der Waals surface area contributed by atoms with Gasteiger partial charge >= 0.3 is 0 Å². The van der Waals surface area contributed by atoms with Gasteiger partial charge in [-0.2, -0.15) is 5.26 Å². The van der Waals surface area contributed by atoms with Crippen molar-refractivity contribution in [2.75, 3.05) is 13.1 Å². The van der Waals surface area contributed by atoms with Crippen molar-refractivity contribution >= 4 is 5.91 Å². The van der Waals surface area contributed by atoms with Crippen LogP contribution in [0.2, 0.25) is 0 Å². The van der Waals surface area contributed by atoms with Gasteiger partial charge in [-0.15, -0.1) is 6.58 Å². The summed E-state index contributed by atoms with van der Waals surface area (Å²) in [6.45, 7) is 8.88. The summed E-state index contributed by atoms with van der Waals surface area (Å²) in [4.78, 5) is 13.6. The molecule has 0 bridgehead atoms. The van der Waals surface area contributed by atoms with Crippen LogP contribution in [0.3, 0.4) is 0 Å². The van der Waals surface area contributed by atoms with Gasteiger partial charge in [-0.05, 0) is 13.8 Å². The lowest BCUT2D eigenvalue weighted by Crippen LogP contribution is -2.64. The Bertz CT molecular complexity index is 303. The van der Waals surface area contributed by atoms with E-state index in [0.29, 0.717) is 13.1 Å². The maximum Gasteiger partial charge on any atom is 0.241 e. The van der Waals surface area contributed by atoms with Gasteiger partial charge in [0.1, 0.15) is 6.04 Å². The first kappa shape index (κ1) is 11.7. The Labute approximate surface area is 90.6 Å². The molecule has 1 unspecified atom stereocenters. The first-order valence-electron chi connectivity index (χ1n) is 5.04. The third-order valence-corrected chi connectivity index (χ3v) is 2.41. The van der Waals surface area contributed by atoms with E-state index in [1.807, 2.05) is 19.9 Å². The quantitative estimate of drug-likeness (QED) is 0.692. The fraction of sp³-hybridized carbons (Fsp3) is 0.636. The zero-order valence-corrected chi connectivity index (χ0v) is 9.29. The third kappa shape index (κ3) is 2.80. The molecule has 0 aromatic heterocycles. The first-order valence-corrected chi connectivity index (χ1v) is 5.04. The Kier molecular flexibility index (Phi) is 3.48. The molecular formula is C11H17N3O. The van der Waals surface area contributed by atoms with Crippen molar-refractivity contribution in [2.24, 2.45) is 0 Å². The number of rotatable bonds is 3. The van der Waals surface area contributed by atoms with E-state index >= 15 is 0 Å². The zero-order valence-electron chi connectivity index (χ0n) is 9.29. The Morgan fingerprint density at radius 2 is 2.47 bits per heavy atom. The molecule has 1 rings (SSSR count). The predicted octanol–water partition coefficient (Wildman–Crippen LogP) is 0.665. The van der Waals surface area contributed by atoms with Crippen molar-refractivity contribution in [3.63, 3.8) is 0 Å². The van der Waals surface area contributed by atoms with Gasteiger partial charge in [-0.3, -0.25) is 10.1 Å². The summed E-state index contributed by atoms with van der Waals surface area (Å²) in [5.74, 6) is -0.00391. The maximum atomic E-state index is 11.9. The second-order valence-electron chi connectivity index (χ2n) is 4.45. The van der Waals surface area contributed by atoms with E-state index in [1.165, 1.54) is 0 Å². The molecule has 0 aromatic carbocycles. The minimum absolute atomic E-state index is 0.00391. The molecule has 0 aromatic rings. The molecule has 4 nitrogen and oxygen atoms in total. The summed E-state index contributed by atoms with van der Waals surface area (Å²) < 4.78 is 0. The van der Waals surface area contributed by atoms with Crippen molar-refractivity contribution in [3.8, 4) is 6.07 Å². The number of nitrogens with one attached hydrogen (secondary N) is 1. The number of nitrogens with zero attached hydrogens (tertiary/aromatic N) is 2. The molecular weight excluding hydrogens is 190 g/mol. The van der Waals surface area contributed by atoms with Gasteiger partial charge in [0.05, 0.1) is 12.5 Å². The summed E-state index contributed by atoms with van der Waals surface area (Å²) in [7, 11) is 0. The van der Waals surface area contributed by atoms with Gasteiger partial charge in [0, 0.05) is 18.6 Å². The van der Waals surface area contributed by atoms with Crippen LogP contribution in [-0.2, 0) is 4.79 Å². The van der Waals surface area contributed by atoms with Gasteiger partial charge in [0.2, 0.25) is 5.91 Å². The van der Waals surface area contributed by atoms with Crippen LogP contribution >= 0.6 is 0 Å². The van der Waals surface area contributed by atoms with Crippen LogP contribution < -0.4 is 5.32 Å². The topological polar surface area (TPSA) is 56.1 Å². The lowest BCUT2D eigenvalue weighted by atomic mass is 9.97. The highest BCUT2D eigenvalue weighted by Gasteiger charge is 2.36. The van der Waals surface area contributed by atoms with E-state index in [4.69, 9.17) is 5.26 Å². The molecule has 1 saturated heterocycles. The molecule has 1 aliphatic rings. The normalized spacial score (nSPS) is 24.7. The molecule has 1 fully saturated rings. The van der Waals surface area contributed by atoms with Gasteiger partial charge in [-0.1, -0.05) is 6.08 Å². The number of hydrogen-bond donors (Lipinski definition) is 1. The highest BCUT2D eigenvalue weighted by atomic mass is 16.2. The lowest BCUT2D eigenvalue weighted by Gasteiger charge is -2.42. The number of hydrogen-bond acceptors (Lipinski definition) is 3. The molecule has 1 N–H and O–H groups in total. The molecule has 15 heavy (non-hydrogen) atoms. The first-order chi connectivity index (χ1) is 7.00. The zero-order chi connectivity index (χ0) is 11.5. The van der Waals surface area contributed by atoms with Gasteiger partial charge in [-0.25, -0.2) is 0 Å². The lowest BCUT2D eigenvalue weighted by molar-refractivity contribution is -0.137. The van der Waals surface area contributed by atoms with E-state index in [-0.39, 0.29) is 23.9 Å². The standard InChI is InChI=1S/C11H17N3O/c1-4-7-14-8-11(2,3)13-9(5-6-12)10(14)15/h4,9,13H,1,5,7-8H2,2-3H3. The number of amides is 1. The number of nitriles is 1. The fourth-order valence-electron chi connectivity index (χ4n) is 1.89. The number of carbonyl (C=O) groups excluding carboxylic acids is 1. The number of carbonyl (C=O) groups is 1. The highest BCUT2D eigenvalue weighted by Crippen LogP contribution is 2.16. The van der Waals surface area contributed by atoms with Crippen LogP contribution in [0.4, 0.5) is 0 Å². The van der Waals surface area contributed by atoms with Gasteiger partial charge < -0.3 is 4.90 Å². The molecule has 0 spiro atoms. The Balaban J connectivity index is 2.79. The van der Waals surface area contributed by atoms with Crippen LogP contribution in [-0.4, -0.2) is 35.5 Å². The average molecular weight is 207 g/mol. The third-order valence-electron chi connectivity index (χ3n) is 2.41. The van der Waals surface area contributed by atoms with Gasteiger partial charge in [0.25, 0.3) is 0 Å². The molecule has 0 saturated carbocycles. The second kappa shape index (κ2) is 4.45. The molecule has 0 radical (unpaired) electrons. The molecule has 82 valence electrons. The second-order valence-corrected chi connectivity index (χ2v) is 4.45. The van der Waals surface area contributed by atoms with Crippen molar-refractivity contribution in [2.45, 2.75) is 31.8 Å². The van der Waals surface area contributed by atoms with Crippen molar-refractivity contribution < 1.29 is 4.79 Å². The van der Waals surface area contributed by atoms with Crippen molar-refractivity contribution in [1.29, 1.82) is 5.26 Å². The van der Waals surface area contributed by atoms with Crippen molar-refractivity contribution in [3.05, 3.63) is 12.7 Å². The van der Waals surface area contributed by atoms with Crippen molar-refractivity contribution in [1.82, 2.24) is 10.2 Å². The van der Waals surface area contributed by atoms with Crippen LogP contribution in [0.1, 0.15) is 20.3 Å². The fourth-order valence-corrected chi connectivity index (χ4v) is 1.89. The van der Waals surface area contributed by atoms with E-state index < -0.39 is 0 Å². The minimum Gasteiger partial charge on any atom is -0.336 e. The highest BCUT2D eigenvalue weighted by molar-refractivity contribution is 5.83. The van der Waals surface area contributed by atoms with E-state index in [9.17, 15) is 4.79 Å². The largest absolute Gasteiger partial charge is 0.336 e. The summed E-state index contributed by atoms with van der Waals surface area (Å²) in [5, 5.41) is 11.8. The summed E-state index contributed by atoms with van der Waals surface area (Å²) in [6, 6.07) is 1.66. The Morgan fingerprint density at radius 3 is 3.00 bits per heavy atom. The Morgan fingerprint density at radius 1 is 1.80 bits per heavy atom. The summed E-state index contributed by atoms with van der Waals surface area (Å²) in [5.41, 5.74) is -0.140. The van der Waals surface area contributed by atoms with Crippen LogP contribution in [0.15, 0.2) is 12.7 Å². The summed E-state index contributed by atoms with van der Waals surface area (Å²) in [6.07, 6.45) is 1.93. The maximum absolute atomic E-state index is 11.9. The van der Waals surface area contributed by atoms with Crippen LogP contribution in [0.25, 0.3) is 0 Å². The molecule has 1 atom stereocenters. The van der Waals surface area contributed by atoms with E-state index in [1.54, 1.807) is 11.0 Å². The Hall–Kier alpha value is -1.34.